The van der Waals surface area contributed by atoms with Crippen molar-refractivity contribution >= 4 is 23.5 Å². The third-order valence-corrected chi connectivity index (χ3v) is 6.39. The van der Waals surface area contributed by atoms with Crippen LogP contribution < -0.4 is 5.32 Å². The van der Waals surface area contributed by atoms with Gasteiger partial charge in [-0.15, -0.1) is 11.8 Å². The molecule has 1 aliphatic heterocycles. The Bertz CT molecular complexity index is 381. The summed E-state index contributed by atoms with van der Waals surface area (Å²) in [4.78, 5) is 9.19. The molecule has 19 heavy (non-hydrogen) atoms. The molecule has 1 aromatic heterocycles. The molecule has 2 heterocycles. The van der Waals surface area contributed by atoms with Gasteiger partial charge in [-0.25, -0.2) is 9.97 Å². The second kappa shape index (κ2) is 7.50. The molecule has 0 amide bonds. The van der Waals surface area contributed by atoms with Gasteiger partial charge in [0.15, 0.2) is 0 Å². The Kier molecular flexibility index (Phi) is 5.98. The fourth-order valence-electron chi connectivity index (χ4n) is 2.07. The molecule has 2 atom stereocenters. The molecule has 0 radical (unpaired) electrons. The Balaban J connectivity index is 2.00. The van der Waals surface area contributed by atoms with E-state index in [-0.39, 0.29) is 0 Å². The van der Waals surface area contributed by atoms with Crippen molar-refractivity contribution in [1.29, 1.82) is 0 Å². The van der Waals surface area contributed by atoms with Gasteiger partial charge >= 0.3 is 0 Å². The maximum absolute atomic E-state index is 4.59. The molecule has 2 rings (SSSR count). The largest absolute Gasteiger partial charge is 0.310 e. The minimum absolute atomic E-state index is 0.468. The summed E-state index contributed by atoms with van der Waals surface area (Å²) in [5.41, 5.74) is 1.17. The normalized spacial score (nSPS) is 23.8. The smallest absolute Gasteiger partial charge is 0.142 e. The van der Waals surface area contributed by atoms with Crippen molar-refractivity contribution in [1.82, 2.24) is 15.3 Å². The quantitative estimate of drug-likeness (QED) is 0.903. The van der Waals surface area contributed by atoms with Gasteiger partial charge in [0.25, 0.3) is 0 Å². The van der Waals surface area contributed by atoms with Crippen LogP contribution in [0.2, 0.25) is 0 Å². The van der Waals surface area contributed by atoms with Crippen LogP contribution in [0.15, 0.2) is 12.4 Å². The van der Waals surface area contributed by atoms with Gasteiger partial charge in [0.2, 0.25) is 0 Å². The first-order valence-electron chi connectivity index (χ1n) is 6.98. The van der Waals surface area contributed by atoms with Gasteiger partial charge < -0.3 is 5.32 Å². The third kappa shape index (κ3) is 4.36. The number of nitrogens with zero attached hydrogens (tertiary/aromatic N) is 2. The second-order valence-corrected chi connectivity index (χ2v) is 7.69. The fourth-order valence-corrected chi connectivity index (χ4v) is 5.07. The van der Waals surface area contributed by atoms with Crippen molar-refractivity contribution in [2.24, 2.45) is 0 Å². The molecule has 1 aliphatic rings. The molecule has 0 spiro atoms. The van der Waals surface area contributed by atoms with Crippen molar-refractivity contribution in [3.05, 3.63) is 23.8 Å². The number of aromatic nitrogens is 2. The molecule has 2 unspecified atom stereocenters. The van der Waals surface area contributed by atoms with Crippen LogP contribution in [-0.2, 0) is 6.54 Å². The summed E-state index contributed by atoms with van der Waals surface area (Å²) in [6.07, 6.45) is 5.15. The summed E-state index contributed by atoms with van der Waals surface area (Å²) < 4.78 is 0. The molecule has 1 fully saturated rings. The lowest BCUT2D eigenvalue weighted by Gasteiger charge is -2.28. The molecular weight excluding hydrogens is 274 g/mol. The van der Waals surface area contributed by atoms with Crippen molar-refractivity contribution < 1.29 is 0 Å². The topological polar surface area (TPSA) is 37.8 Å². The van der Waals surface area contributed by atoms with Gasteiger partial charge in [-0.1, -0.05) is 20.8 Å². The van der Waals surface area contributed by atoms with Gasteiger partial charge in [0.05, 0.1) is 5.25 Å². The third-order valence-electron chi connectivity index (χ3n) is 3.15. The average molecular weight is 297 g/mol. The number of thioether (sulfide) groups is 2. The Labute approximate surface area is 124 Å². The molecular formula is C14H23N3S2. The van der Waals surface area contributed by atoms with Crippen molar-refractivity contribution in [2.45, 2.75) is 50.3 Å². The monoisotopic (exact) mass is 297 g/mol. The Morgan fingerprint density at radius 3 is 2.58 bits per heavy atom. The average Bonchev–Trinajstić information content (AvgIpc) is 2.45. The molecule has 0 aliphatic carbocycles. The molecule has 5 heteroatoms. The molecule has 1 aromatic rings. The Hall–Kier alpha value is -0.260. The first kappa shape index (κ1) is 15.1. The van der Waals surface area contributed by atoms with Crippen LogP contribution in [0.1, 0.15) is 43.8 Å². The number of hydrogen-bond acceptors (Lipinski definition) is 5. The Morgan fingerprint density at radius 2 is 1.95 bits per heavy atom. The van der Waals surface area contributed by atoms with E-state index in [2.05, 4.69) is 47.8 Å². The van der Waals surface area contributed by atoms with Crippen molar-refractivity contribution in [2.75, 3.05) is 11.5 Å². The first-order chi connectivity index (χ1) is 9.20. The predicted octanol–water partition coefficient (Wildman–Crippen LogP) is 3.27. The summed E-state index contributed by atoms with van der Waals surface area (Å²) in [7, 11) is 0. The van der Waals surface area contributed by atoms with Crippen LogP contribution >= 0.6 is 23.5 Å². The van der Waals surface area contributed by atoms with E-state index in [1.165, 1.54) is 23.5 Å². The molecule has 106 valence electrons. The minimum Gasteiger partial charge on any atom is -0.310 e. The lowest BCUT2D eigenvalue weighted by atomic mass is 10.2. The predicted molar refractivity (Wildman–Crippen MR) is 85.7 cm³/mol. The molecule has 1 saturated heterocycles. The van der Waals surface area contributed by atoms with Gasteiger partial charge in [-0.05, 0) is 6.42 Å². The van der Waals surface area contributed by atoms with Crippen molar-refractivity contribution in [3.63, 3.8) is 0 Å². The van der Waals surface area contributed by atoms with E-state index < -0.39 is 0 Å². The summed E-state index contributed by atoms with van der Waals surface area (Å²) in [5.74, 6) is 3.49. The summed E-state index contributed by atoms with van der Waals surface area (Å²) in [6, 6.07) is 0.495. The maximum atomic E-state index is 4.59. The summed E-state index contributed by atoms with van der Waals surface area (Å²) in [6.45, 7) is 7.41. The van der Waals surface area contributed by atoms with Gasteiger partial charge in [-0.3, -0.25) is 0 Å². The minimum atomic E-state index is 0.468. The summed E-state index contributed by atoms with van der Waals surface area (Å²) in [5, 5.41) is 4.52. The molecule has 3 nitrogen and oxygen atoms in total. The van der Waals surface area contributed by atoms with Crippen LogP contribution in [-0.4, -0.2) is 32.8 Å². The number of nitrogens with one attached hydrogen (secondary N) is 1. The summed E-state index contributed by atoms with van der Waals surface area (Å²) >= 11 is 4.08. The van der Waals surface area contributed by atoms with E-state index in [9.17, 15) is 0 Å². The van der Waals surface area contributed by atoms with Crippen LogP contribution in [0.4, 0.5) is 0 Å². The lowest BCUT2D eigenvalue weighted by Crippen LogP contribution is -2.23. The molecule has 0 aromatic carbocycles. The number of hydrogen-bond donors (Lipinski definition) is 1. The van der Waals surface area contributed by atoms with E-state index >= 15 is 0 Å². The Morgan fingerprint density at radius 1 is 1.26 bits per heavy atom. The van der Waals surface area contributed by atoms with Crippen molar-refractivity contribution in [3.8, 4) is 0 Å². The second-order valence-electron chi connectivity index (χ2n) is 5.09. The highest BCUT2D eigenvalue weighted by Gasteiger charge is 2.28. The first-order valence-corrected chi connectivity index (χ1v) is 9.08. The maximum Gasteiger partial charge on any atom is 0.142 e. The fraction of sp³-hybridized carbons (Fsp3) is 0.714. The van der Waals surface area contributed by atoms with E-state index in [0.29, 0.717) is 16.5 Å². The lowest BCUT2D eigenvalue weighted by molar-refractivity contribution is 0.585. The zero-order valence-corrected chi connectivity index (χ0v) is 13.6. The van der Waals surface area contributed by atoms with E-state index in [1.807, 2.05) is 24.2 Å². The zero-order chi connectivity index (χ0) is 13.7. The van der Waals surface area contributed by atoms with Gasteiger partial charge in [0, 0.05) is 47.3 Å². The number of rotatable bonds is 5. The van der Waals surface area contributed by atoms with Gasteiger partial charge in [-0.2, -0.15) is 11.8 Å². The van der Waals surface area contributed by atoms with Crippen LogP contribution in [0.3, 0.4) is 0 Å². The molecule has 0 saturated carbocycles. The van der Waals surface area contributed by atoms with Crippen LogP contribution in [0.25, 0.3) is 0 Å². The highest BCUT2D eigenvalue weighted by Crippen LogP contribution is 2.42. The standard InChI is InChI=1S/C14H23N3S2/c1-4-12-13(19-6-5-18-12)14-16-8-11(9-17-14)7-15-10(2)3/h8-10,12-13,15H,4-7H2,1-3H3. The highest BCUT2D eigenvalue weighted by atomic mass is 32.2. The molecule has 0 bridgehead atoms. The van der Waals surface area contributed by atoms with E-state index in [0.717, 1.165) is 12.4 Å². The highest BCUT2D eigenvalue weighted by molar-refractivity contribution is 8.06. The molecule has 1 N–H and O–H groups in total. The van der Waals surface area contributed by atoms with E-state index in [4.69, 9.17) is 0 Å². The van der Waals surface area contributed by atoms with Crippen LogP contribution in [0.5, 0.6) is 0 Å². The van der Waals surface area contributed by atoms with Crippen LogP contribution in [0, 0.1) is 0 Å². The van der Waals surface area contributed by atoms with Gasteiger partial charge in [0.1, 0.15) is 5.82 Å². The SMILES string of the molecule is CCC1SCCSC1c1ncc(CNC(C)C)cn1. The zero-order valence-electron chi connectivity index (χ0n) is 11.9. The van der Waals surface area contributed by atoms with E-state index in [1.54, 1.807) is 0 Å².